The van der Waals surface area contributed by atoms with Crippen molar-refractivity contribution < 1.29 is 96.9 Å². The molecule has 2 fully saturated rings. The minimum absolute atomic E-state index is 0.0959. The highest BCUT2D eigenvalue weighted by molar-refractivity contribution is 5.88. The Morgan fingerprint density at radius 2 is 1.24 bits per heavy atom. The summed E-state index contributed by atoms with van der Waals surface area (Å²) in [7, 11) is 2.66. The van der Waals surface area contributed by atoms with Gasteiger partial charge in [0.15, 0.2) is 47.6 Å². The van der Waals surface area contributed by atoms with Gasteiger partial charge in [0.1, 0.15) is 44.2 Å². The van der Waals surface area contributed by atoms with Crippen molar-refractivity contribution in [3.63, 3.8) is 0 Å². The molecule has 58 heavy (non-hydrogen) atoms. The van der Waals surface area contributed by atoms with Crippen LogP contribution in [0.25, 0.3) is 12.2 Å². The number of aliphatic hydroxyl groups is 3. The summed E-state index contributed by atoms with van der Waals surface area (Å²) in [6, 6.07) is 8.44. The maximum absolute atomic E-state index is 13.3. The predicted octanol–water partition coefficient (Wildman–Crippen LogP) is 0.274. The Morgan fingerprint density at radius 3 is 1.76 bits per heavy atom. The molecule has 0 bridgehead atoms. The summed E-state index contributed by atoms with van der Waals surface area (Å²) < 4.78 is 54.4. The first-order valence-corrected chi connectivity index (χ1v) is 17.4. The van der Waals surface area contributed by atoms with Crippen molar-refractivity contribution in [1.82, 2.24) is 0 Å². The average molecular weight is 821 g/mol. The number of hydrogen-bond acceptors (Lipinski definition) is 20. The van der Waals surface area contributed by atoms with Gasteiger partial charge in [-0.1, -0.05) is 12.1 Å². The topological polar surface area (TPSA) is 279 Å². The predicted molar refractivity (Wildman–Crippen MR) is 192 cm³/mol. The van der Waals surface area contributed by atoms with Crippen LogP contribution in [0.5, 0.6) is 23.0 Å². The zero-order valence-corrected chi connectivity index (χ0v) is 31.9. The van der Waals surface area contributed by atoms with Crippen LogP contribution in [0.4, 0.5) is 0 Å². The van der Waals surface area contributed by atoms with Crippen LogP contribution in [0.1, 0.15) is 31.9 Å². The second kappa shape index (κ2) is 20.1. The van der Waals surface area contributed by atoms with Crippen LogP contribution in [-0.2, 0) is 61.9 Å². The van der Waals surface area contributed by atoms with Crippen LogP contribution in [0.2, 0.25) is 0 Å². The van der Waals surface area contributed by atoms with Crippen molar-refractivity contribution in [2.24, 2.45) is 0 Å². The fourth-order valence-corrected chi connectivity index (χ4v) is 5.88. The van der Waals surface area contributed by atoms with Gasteiger partial charge < -0.3 is 72.9 Å². The molecular formula is C38H44O20. The van der Waals surface area contributed by atoms with E-state index in [9.17, 15) is 49.5 Å². The fraction of sp³-hybridized carbons (Fsp3) is 0.447. The summed E-state index contributed by atoms with van der Waals surface area (Å²) in [5, 5.41) is 53.0. The van der Waals surface area contributed by atoms with Gasteiger partial charge in [0.2, 0.25) is 5.79 Å². The number of phenols is 2. The first-order valence-electron chi connectivity index (χ1n) is 17.4. The lowest BCUT2D eigenvalue weighted by Crippen LogP contribution is -2.64. The molecule has 0 amide bonds. The molecule has 0 radical (unpaired) electrons. The number of esters is 5. The molecule has 2 aliphatic rings. The van der Waals surface area contributed by atoms with Gasteiger partial charge in [-0.2, -0.15) is 0 Å². The maximum Gasteiger partial charge on any atom is 0.331 e. The fourth-order valence-electron chi connectivity index (χ4n) is 5.88. The van der Waals surface area contributed by atoms with Crippen molar-refractivity contribution in [2.45, 2.75) is 75.6 Å². The Bertz CT molecular complexity index is 1860. The van der Waals surface area contributed by atoms with Gasteiger partial charge >= 0.3 is 29.8 Å². The first kappa shape index (κ1) is 44.9. The van der Waals surface area contributed by atoms with Gasteiger partial charge in [-0.3, -0.25) is 14.4 Å². The van der Waals surface area contributed by atoms with Gasteiger partial charge in [0, 0.05) is 32.9 Å². The molecule has 2 aromatic rings. The number of ether oxygens (including phenoxy) is 10. The van der Waals surface area contributed by atoms with E-state index in [4.69, 9.17) is 47.4 Å². The number of benzene rings is 2. The largest absolute Gasteiger partial charge is 0.504 e. The van der Waals surface area contributed by atoms with Crippen LogP contribution >= 0.6 is 0 Å². The van der Waals surface area contributed by atoms with Crippen molar-refractivity contribution in [1.29, 1.82) is 0 Å². The molecule has 2 heterocycles. The highest BCUT2D eigenvalue weighted by atomic mass is 16.8. The molecule has 0 aliphatic carbocycles. The van der Waals surface area contributed by atoms with Gasteiger partial charge in [0.25, 0.3) is 0 Å². The third-order valence-corrected chi connectivity index (χ3v) is 8.55. The molecule has 4 rings (SSSR count). The molecule has 9 unspecified atom stereocenters. The van der Waals surface area contributed by atoms with Gasteiger partial charge in [-0.15, -0.1) is 0 Å². The molecule has 20 heteroatoms. The number of carbonyl (C=O) groups excluding carboxylic acids is 5. The Labute approximate surface area is 331 Å². The monoisotopic (exact) mass is 820 g/mol. The second-order valence-corrected chi connectivity index (χ2v) is 12.7. The molecule has 9 atom stereocenters. The van der Waals surface area contributed by atoms with E-state index < -0.39 is 104 Å². The Morgan fingerprint density at radius 1 is 0.707 bits per heavy atom. The highest BCUT2D eigenvalue weighted by Crippen LogP contribution is 2.40. The lowest BCUT2D eigenvalue weighted by Gasteiger charge is -2.44. The van der Waals surface area contributed by atoms with E-state index in [1.807, 2.05) is 0 Å². The number of aromatic hydroxyl groups is 2. The Balaban J connectivity index is 1.63. The van der Waals surface area contributed by atoms with Crippen molar-refractivity contribution in [3.05, 3.63) is 59.7 Å². The van der Waals surface area contributed by atoms with Crippen LogP contribution in [0, 0.1) is 0 Å². The summed E-state index contributed by atoms with van der Waals surface area (Å²) >= 11 is 0. The van der Waals surface area contributed by atoms with E-state index in [0.717, 1.165) is 32.9 Å². The third-order valence-electron chi connectivity index (χ3n) is 8.55. The van der Waals surface area contributed by atoms with Crippen molar-refractivity contribution in [2.75, 3.05) is 34.0 Å². The SMILES string of the molecule is COc1cc(C=CC(=O)OCC2OC(OC3(CO)OC(COC(C)=O)C(OC(C)=O)C3OC(=O)C=Cc3ccc(O)c(OC)c3)C(O)C(OC(C)=O)C2O)ccc1O. The zero-order valence-electron chi connectivity index (χ0n) is 31.9. The van der Waals surface area contributed by atoms with Crippen LogP contribution in [0.3, 0.4) is 0 Å². The minimum atomic E-state index is -2.60. The number of rotatable bonds is 16. The van der Waals surface area contributed by atoms with Crippen LogP contribution in [-0.4, -0.2) is 144 Å². The summed E-state index contributed by atoms with van der Waals surface area (Å²) in [6.07, 6.45) is -9.75. The Kier molecular flexibility index (Phi) is 15.6. The lowest BCUT2D eigenvalue weighted by atomic mass is 9.98. The molecule has 20 nitrogen and oxygen atoms in total. The van der Waals surface area contributed by atoms with E-state index in [1.165, 1.54) is 62.8 Å². The van der Waals surface area contributed by atoms with E-state index >= 15 is 0 Å². The quantitative estimate of drug-likeness (QED) is 0.0863. The summed E-state index contributed by atoms with van der Waals surface area (Å²) in [5.41, 5.74) is 0.822. The van der Waals surface area contributed by atoms with E-state index in [1.54, 1.807) is 0 Å². The normalized spacial score (nSPS) is 26.8. The number of aliphatic hydroxyl groups excluding tert-OH is 3. The zero-order chi connectivity index (χ0) is 42.7. The summed E-state index contributed by atoms with van der Waals surface area (Å²) in [6.45, 7) is 0.517. The molecule has 0 spiro atoms. The van der Waals surface area contributed by atoms with E-state index in [2.05, 4.69) is 0 Å². The van der Waals surface area contributed by atoms with Gasteiger partial charge in [0.05, 0.1) is 14.2 Å². The third kappa shape index (κ3) is 11.4. The minimum Gasteiger partial charge on any atom is -0.504 e. The summed E-state index contributed by atoms with van der Waals surface area (Å²) in [5.74, 6) is -7.38. The number of hydrogen-bond donors (Lipinski definition) is 5. The second-order valence-electron chi connectivity index (χ2n) is 12.7. The van der Waals surface area contributed by atoms with Crippen molar-refractivity contribution >= 4 is 42.0 Å². The van der Waals surface area contributed by atoms with Crippen LogP contribution in [0.15, 0.2) is 48.6 Å². The number of methoxy groups -OCH3 is 2. The van der Waals surface area contributed by atoms with E-state index in [-0.39, 0.29) is 23.0 Å². The highest BCUT2D eigenvalue weighted by Gasteiger charge is 2.63. The molecule has 316 valence electrons. The van der Waals surface area contributed by atoms with Gasteiger partial charge in [-0.05, 0) is 47.5 Å². The molecule has 0 aromatic heterocycles. The standard InChI is InChI=1S/C38H44O20/c1-19(40)51-17-29-34(53-20(2)41)36(56-31(46)13-9-23-7-11-25(44)27(15-23)50-5)38(18-39,57-29)58-37-33(48)35(54-21(3)42)32(47)28(55-37)16-52-30(45)12-8-22-6-10-24(43)26(14-22)49-4/h6-15,28-29,32-37,39,43-44,47-48H,16-18H2,1-5H3. The van der Waals surface area contributed by atoms with E-state index in [0.29, 0.717) is 11.1 Å². The maximum atomic E-state index is 13.3. The lowest BCUT2D eigenvalue weighted by molar-refractivity contribution is -0.383. The van der Waals surface area contributed by atoms with Gasteiger partial charge in [-0.25, -0.2) is 9.59 Å². The van der Waals surface area contributed by atoms with Crippen molar-refractivity contribution in [3.8, 4) is 23.0 Å². The smallest absolute Gasteiger partial charge is 0.331 e. The first-order chi connectivity index (χ1) is 27.5. The average Bonchev–Trinajstić information content (AvgIpc) is 3.45. The molecule has 5 N–H and O–H groups in total. The molecule has 2 aromatic carbocycles. The molecule has 0 saturated carbocycles. The molecular weight excluding hydrogens is 776 g/mol. The summed E-state index contributed by atoms with van der Waals surface area (Å²) in [4.78, 5) is 62.1. The van der Waals surface area contributed by atoms with Crippen LogP contribution < -0.4 is 9.47 Å². The Hall–Kier alpha value is -5.77. The molecule has 2 aliphatic heterocycles. The number of carbonyl (C=O) groups is 5. The molecule has 2 saturated heterocycles. The number of phenolic OH excluding ortho intramolecular Hbond substituents is 2.